The summed E-state index contributed by atoms with van der Waals surface area (Å²) < 4.78 is 28.4. The highest BCUT2D eigenvalue weighted by atomic mass is 35.5. The van der Waals surface area contributed by atoms with Crippen molar-refractivity contribution in [2.75, 3.05) is 42.3 Å². The monoisotopic (exact) mass is 570 g/mol. The maximum Gasteiger partial charge on any atom is 0.223 e. The van der Waals surface area contributed by atoms with Crippen molar-refractivity contribution in [1.29, 1.82) is 0 Å². The minimum Gasteiger partial charge on any atom is -0.354 e. The molecule has 4 aromatic rings. The number of aryl methyl sites for hydroxylation is 1. The highest BCUT2D eigenvalue weighted by Gasteiger charge is 2.31. The normalized spacial score (nSPS) is 16.4. The largest absolute Gasteiger partial charge is 0.354 e. The topological polar surface area (TPSA) is 75.0 Å². The van der Waals surface area contributed by atoms with Gasteiger partial charge in [-0.2, -0.15) is 11.8 Å². The number of aromatic nitrogens is 2. The number of anilines is 1. The molecule has 1 unspecified atom stereocenters. The molecule has 1 atom stereocenters. The molecule has 1 aliphatic rings. The number of carbonyl (C=O) groups excluding carboxylic acids is 1. The van der Waals surface area contributed by atoms with Crippen molar-refractivity contribution < 1.29 is 13.2 Å². The van der Waals surface area contributed by atoms with Crippen LogP contribution in [-0.2, 0) is 14.6 Å². The molecule has 200 valence electrons. The van der Waals surface area contributed by atoms with Crippen LogP contribution in [0.3, 0.4) is 0 Å². The molecule has 0 radical (unpaired) electrons. The Morgan fingerprint density at radius 1 is 1.11 bits per heavy atom. The van der Waals surface area contributed by atoms with Gasteiger partial charge in [0.05, 0.1) is 22.4 Å². The molecule has 2 aromatic heterocycles. The smallest absolute Gasteiger partial charge is 0.223 e. The maximum absolute atomic E-state index is 13.4. The van der Waals surface area contributed by atoms with E-state index in [0.29, 0.717) is 24.7 Å². The molecule has 0 aliphatic carbocycles. The van der Waals surface area contributed by atoms with Crippen molar-refractivity contribution in [3.05, 3.63) is 71.5 Å². The van der Waals surface area contributed by atoms with Gasteiger partial charge in [0.1, 0.15) is 11.5 Å². The second-order valence-corrected chi connectivity index (χ2v) is 13.2. The van der Waals surface area contributed by atoms with Crippen LogP contribution in [-0.4, -0.2) is 72.0 Å². The standard InChI is InChI=1S/C28H31ClN4O3S2/c1-20-18-33-26(30-20)4-3-5-27(33)31-12-13-32(24(19-31)10-14-37-2)28(34)11-15-38(35,36)25-9-7-21-16-23(29)8-6-22(21)17-25/h3-9,16-18,24H,10-15,19H2,1-2H3. The lowest BCUT2D eigenvalue weighted by molar-refractivity contribution is -0.133. The van der Waals surface area contributed by atoms with E-state index in [0.717, 1.165) is 40.1 Å². The number of carbonyl (C=O) groups is 1. The van der Waals surface area contributed by atoms with Crippen LogP contribution < -0.4 is 4.90 Å². The van der Waals surface area contributed by atoms with E-state index < -0.39 is 9.84 Å². The summed E-state index contributed by atoms with van der Waals surface area (Å²) in [7, 11) is -3.61. The average molecular weight is 571 g/mol. The molecule has 3 heterocycles. The number of pyridine rings is 1. The van der Waals surface area contributed by atoms with E-state index in [1.165, 1.54) is 0 Å². The Morgan fingerprint density at radius 2 is 1.89 bits per heavy atom. The van der Waals surface area contributed by atoms with E-state index in [4.69, 9.17) is 11.6 Å². The molecule has 1 amide bonds. The van der Waals surface area contributed by atoms with Crippen molar-refractivity contribution in [2.24, 2.45) is 0 Å². The van der Waals surface area contributed by atoms with E-state index >= 15 is 0 Å². The molecule has 0 bridgehead atoms. The first-order valence-electron chi connectivity index (χ1n) is 12.7. The van der Waals surface area contributed by atoms with Gasteiger partial charge in [-0.25, -0.2) is 13.4 Å². The molecule has 0 N–H and O–H groups in total. The van der Waals surface area contributed by atoms with E-state index in [9.17, 15) is 13.2 Å². The van der Waals surface area contributed by atoms with Crippen molar-refractivity contribution in [3.63, 3.8) is 0 Å². The van der Waals surface area contributed by atoms with Gasteiger partial charge >= 0.3 is 0 Å². The number of thioether (sulfide) groups is 1. The Morgan fingerprint density at radius 3 is 2.71 bits per heavy atom. The molecule has 38 heavy (non-hydrogen) atoms. The number of benzene rings is 2. The van der Waals surface area contributed by atoms with Crippen LogP contribution >= 0.6 is 23.4 Å². The van der Waals surface area contributed by atoms with E-state index in [2.05, 4.69) is 26.6 Å². The van der Waals surface area contributed by atoms with Gasteiger partial charge in [-0.3, -0.25) is 9.20 Å². The molecule has 1 aliphatic heterocycles. The molecule has 1 saturated heterocycles. The zero-order valence-electron chi connectivity index (χ0n) is 21.5. The van der Waals surface area contributed by atoms with Crippen molar-refractivity contribution in [1.82, 2.24) is 14.3 Å². The highest BCUT2D eigenvalue weighted by Crippen LogP contribution is 2.26. The molecule has 0 saturated carbocycles. The number of halogens is 1. The number of sulfone groups is 1. The number of imidazole rings is 1. The van der Waals surface area contributed by atoms with Crippen molar-refractivity contribution >= 4 is 61.3 Å². The molecule has 2 aromatic carbocycles. The zero-order chi connectivity index (χ0) is 26.9. The van der Waals surface area contributed by atoms with Crippen LogP contribution in [0.4, 0.5) is 5.82 Å². The minimum absolute atomic E-state index is 0.0108. The first kappa shape index (κ1) is 26.8. The van der Waals surface area contributed by atoms with Crippen LogP contribution in [0, 0.1) is 6.92 Å². The lowest BCUT2D eigenvalue weighted by Crippen LogP contribution is -2.56. The third kappa shape index (κ3) is 5.65. The maximum atomic E-state index is 13.4. The van der Waals surface area contributed by atoms with Gasteiger partial charge in [0.25, 0.3) is 0 Å². The Balaban J connectivity index is 1.29. The molecular weight excluding hydrogens is 540 g/mol. The summed E-state index contributed by atoms with van der Waals surface area (Å²) in [6, 6.07) is 16.5. The quantitative estimate of drug-likeness (QED) is 0.294. The summed E-state index contributed by atoms with van der Waals surface area (Å²) >= 11 is 7.80. The molecule has 0 spiro atoms. The molecule has 1 fully saturated rings. The minimum atomic E-state index is -3.61. The summed E-state index contributed by atoms with van der Waals surface area (Å²) in [5, 5.41) is 2.29. The van der Waals surface area contributed by atoms with E-state index in [-0.39, 0.29) is 29.0 Å². The predicted molar refractivity (Wildman–Crippen MR) is 156 cm³/mol. The zero-order valence-corrected chi connectivity index (χ0v) is 23.9. The summed E-state index contributed by atoms with van der Waals surface area (Å²) in [5.41, 5.74) is 1.86. The average Bonchev–Trinajstić information content (AvgIpc) is 3.30. The van der Waals surface area contributed by atoms with Gasteiger partial charge in [0.2, 0.25) is 5.91 Å². The summed E-state index contributed by atoms with van der Waals surface area (Å²) in [6.07, 6.45) is 4.91. The molecule has 7 nitrogen and oxygen atoms in total. The number of piperazine rings is 1. The number of rotatable bonds is 8. The van der Waals surface area contributed by atoms with Crippen molar-refractivity contribution in [2.45, 2.75) is 30.7 Å². The molecule has 5 rings (SSSR count). The summed E-state index contributed by atoms with van der Waals surface area (Å²) in [5.74, 6) is 1.66. The van der Waals surface area contributed by atoms with Gasteiger partial charge in [-0.05, 0) is 72.5 Å². The Labute approximate surface area is 232 Å². The van der Waals surface area contributed by atoms with Crippen LogP contribution in [0.15, 0.2) is 65.7 Å². The molecular formula is C28H31ClN4O3S2. The number of hydrogen-bond acceptors (Lipinski definition) is 6. The first-order chi connectivity index (χ1) is 18.2. The highest BCUT2D eigenvalue weighted by molar-refractivity contribution is 7.98. The number of amides is 1. The fraction of sp³-hybridized carbons (Fsp3) is 0.357. The van der Waals surface area contributed by atoms with Gasteiger partial charge in [-0.1, -0.05) is 29.8 Å². The second kappa shape index (κ2) is 11.2. The van der Waals surface area contributed by atoms with Crippen molar-refractivity contribution in [3.8, 4) is 0 Å². The fourth-order valence-electron chi connectivity index (χ4n) is 5.14. The number of nitrogens with zero attached hydrogens (tertiary/aromatic N) is 4. The van der Waals surface area contributed by atoms with Gasteiger partial charge in [-0.15, -0.1) is 0 Å². The van der Waals surface area contributed by atoms with Crippen LogP contribution in [0.2, 0.25) is 5.02 Å². The number of hydrogen-bond donors (Lipinski definition) is 0. The second-order valence-electron chi connectivity index (χ2n) is 9.69. The fourth-order valence-corrected chi connectivity index (χ4v) is 7.09. The predicted octanol–water partition coefficient (Wildman–Crippen LogP) is 5.08. The Hall–Kier alpha value is -2.75. The first-order valence-corrected chi connectivity index (χ1v) is 16.1. The molecule has 10 heteroatoms. The van der Waals surface area contributed by atoms with Crippen LogP contribution in [0.5, 0.6) is 0 Å². The summed E-state index contributed by atoms with van der Waals surface area (Å²) in [6.45, 7) is 3.91. The third-order valence-electron chi connectivity index (χ3n) is 7.09. The van der Waals surface area contributed by atoms with Gasteiger partial charge < -0.3 is 9.80 Å². The van der Waals surface area contributed by atoms with Gasteiger partial charge in [0.15, 0.2) is 9.84 Å². The Kier molecular flexibility index (Phi) is 7.88. The lowest BCUT2D eigenvalue weighted by atomic mass is 10.1. The Bertz CT molecular complexity index is 1590. The number of fused-ring (bicyclic) bond motifs is 2. The SMILES string of the molecule is CSCCC1CN(c2cccc3nc(C)cn23)CCN1C(=O)CCS(=O)(=O)c1ccc2cc(Cl)ccc2c1. The van der Waals surface area contributed by atoms with E-state index in [1.807, 2.05) is 36.2 Å². The lowest BCUT2D eigenvalue weighted by Gasteiger charge is -2.42. The third-order valence-corrected chi connectivity index (χ3v) is 9.68. The van der Waals surface area contributed by atoms with E-state index in [1.54, 1.807) is 42.1 Å². The van der Waals surface area contributed by atoms with Crippen LogP contribution in [0.25, 0.3) is 16.4 Å². The summed E-state index contributed by atoms with van der Waals surface area (Å²) in [4.78, 5) is 22.4. The van der Waals surface area contributed by atoms with Crippen LogP contribution in [0.1, 0.15) is 18.5 Å². The van der Waals surface area contributed by atoms with Gasteiger partial charge in [0, 0.05) is 37.3 Å².